The molecule has 1 aliphatic heterocycles. The number of likely N-dealkylation sites (tertiary alicyclic amines) is 1. The fourth-order valence-electron chi connectivity index (χ4n) is 2.17. The zero-order valence-corrected chi connectivity index (χ0v) is 11.5. The number of hydrogen-bond donors (Lipinski definition) is 2. The minimum atomic E-state index is -3.24. The molecule has 0 spiro atoms. The third-order valence-corrected chi connectivity index (χ3v) is 3.56. The summed E-state index contributed by atoms with van der Waals surface area (Å²) in [4.78, 5) is 2.25. The van der Waals surface area contributed by atoms with Crippen LogP contribution in [0.5, 0.6) is 0 Å². The van der Waals surface area contributed by atoms with Crippen molar-refractivity contribution < 1.29 is 8.42 Å². The van der Waals surface area contributed by atoms with Crippen LogP contribution in [0.3, 0.4) is 0 Å². The number of sulfonamides is 1. The van der Waals surface area contributed by atoms with E-state index in [0.29, 0.717) is 11.7 Å². The van der Waals surface area contributed by atoms with Gasteiger partial charge in [-0.05, 0) is 32.1 Å². The lowest BCUT2D eigenvalue weighted by Crippen LogP contribution is -2.24. The normalized spacial score (nSPS) is 20.9. The third kappa shape index (κ3) is 3.61. The van der Waals surface area contributed by atoms with Crippen molar-refractivity contribution in [1.29, 1.82) is 0 Å². The molecule has 18 heavy (non-hydrogen) atoms. The molecule has 2 rings (SSSR count). The SMILES string of the molecule is CN1CCC(Nc2ccccc2NS(C)(=O)=O)C1. The number of rotatable bonds is 4. The standard InChI is InChI=1S/C12H19N3O2S/c1-15-8-7-10(9-15)13-11-5-3-4-6-12(11)14-18(2,16)17/h3-6,10,13-14H,7-9H2,1-2H3. The van der Waals surface area contributed by atoms with Crippen molar-refractivity contribution >= 4 is 21.4 Å². The van der Waals surface area contributed by atoms with Gasteiger partial charge in [-0.15, -0.1) is 0 Å². The van der Waals surface area contributed by atoms with E-state index in [1.54, 1.807) is 6.07 Å². The average molecular weight is 269 g/mol. The fraction of sp³-hybridized carbons (Fsp3) is 0.500. The van der Waals surface area contributed by atoms with Crippen molar-refractivity contribution in [2.75, 3.05) is 36.4 Å². The molecule has 0 aliphatic carbocycles. The summed E-state index contributed by atoms with van der Waals surface area (Å²) in [6.07, 6.45) is 2.23. The van der Waals surface area contributed by atoms with Crippen molar-refractivity contribution in [2.24, 2.45) is 0 Å². The minimum absolute atomic E-state index is 0.373. The van der Waals surface area contributed by atoms with E-state index in [2.05, 4.69) is 22.0 Å². The Balaban J connectivity index is 2.12. The predicted molar refractivity (Wildman–Crippen MR) is 74.4 cm³/mol. The number of hydrogen-bond acceptors (Lipinski definition) is 4. The first-order valence-electron chi connectivity index (χ1n) is 5.96. The van der Waals surface area contributed by atoms with Gasteiger partial charge in [-0.1, -0.05) is 12.1 Å². The lowest BCUT2D eigenvalue weighted by molar-refractivity contribution is 0.414. The lowest BCUT2D eigenvalue weighted by atomic mass is 10.2. The lowest BCUT2D eigenvalue weighted by Gasteiger charge is -2.17. The van der Waals surface area contributed by atoms with Crippen LogP contribution < -0.4 is 10.0 Å². The highest BCUT2D eigenvalue weighted by Crippen LogP contribution is 2.24. The van der Waals surface area contributed by atoms with Crippen LogP contribution in [0.25, 0.3) is 0 Å². The van der Waals surface area contributed by atoms with E-state index in [0.717, 1.165) is 31.5 Å². The topological polar surface area (TPSA) is 61.4 Å². The van der Waals surface area contributed by atoms with Gasteiger partial charge < -0.3 is 10.2 Å². The second kappa shape index (κ2) is 5.16. The van der Waals surface area contributed by atoms with Gasteiger partial charge in [-0.2, -0.15) is 0 Å². The van der Waals surface area contributed by atoms with Crippen molar-refractivity contribution in [3.8, 4) is 0 Å². The van der Waals surface area contributed by atoms with Crippen molar-refractivity contribution in [2.45, 2.75) is 12.5 Å². The third-order valence-electron chi connectivity index (χ3n) is 2.97. The number of likely N-dealkylation sites (N-methyl/N-ethyl adjacent to an activating group) is 1. The zero-order valence-electron chi connectivity index (χ0n) is 10.7. The summed E-state index contributed by atoms with van der Waals surface area (Å²) in [5, 5.41) is 3.39. The van der Waals surface area contributed by atoms with E-state index < -0.39 is 10.0 Å². The van der Waals surface area contributed by atoms with Crippen LogP contribution >= 0.6 is 0 Å². The Morgan fingerprint density at radius 1 is 1.28 bits per heavy atom. The van der Waals surface area contributed by atoms with Gasteiger partial charge in [-0.25, -0.2) is 8.42 Å². The van der Waals surface area contributed by atoms with E-state index >= 15 is 0 Å². The van der Waals surface area contributed by atoms with Crippen LogP contribution in [0.1, 0.15) is 6.42 Å². The van der Waals surface area contributed by atoms with Crippen LogP contribution in [0.2, 0.25) is 0 Å². The van der Waals surface area contributed by atoms with Gasteiger partial charge in [-0.3, -0.25) is 4.72 Å². The van der Waals surface area contributed by atoms with Gasteiger partial charge in [0, 0.05) is 12.6 Å². The largest absolute Gasteiger partial charge is 0.379 e. The number of benzene rings is 1. The Kier molecular flexibility index (Phi) is 3.77. The molecule has 6 heteroatoms. The van der Waals surface area contributed by atoms with Gasteiger partial charge in [0.1, 0.15) is 0 Å². The summed E-state index contributed by atoms with van der Waals surface area (Å²) >= 11 is 0. The molecule has 1 saturated heterocycles. The van der Waals surface area contributed by atoms with E-state index in [1.807, 2.05) is 18.2 Å². The molecule has 0 radical (unpaired) electrons. The molecule has 5 nitrogen and oxygen atoms in total. The summed E-state index contributed by atoms with van der Waals surface area (Å²) in [6, 6.07) is 7.75. The van der Waals surface area contributed by atoms with Crippen molar-refractivity contribution in [3.05, 3.63) is 24.3 Å². The van der Waals surface area contributed by atoms with Gasteiger partial charge in [0.15, 0.2) is 0 Å². The first-order valence-corrected chi connectivity index (χ1v) is 7.85. The zero-order chi connectivity index (χ0) is 13.2. The molecule has 1 aromatic carbocycles. The first kappa shape index (κ1) is 13.2. The van der Waals surface area contributed by atoms with E-state index in [9.17, 15) is 8.42 Å². The molecule has 0 aromatic heterocycles. The van der Waals surface area contributed by atoms with Crippen LogP contribution in [0, 0.1) is 0 Å². The molecule has 0 saturated carbocycles. The van der Waals surface area contributed by atoms with Crippen LogP contribution in [-0.2, 0) is 10.0 Å². The predicted octanol–water partition coefficient (Wildman–Crippen LogP) is 1.17. The molecule has 1 unspecified atom stereocenters. The Hall–Kier alpha value is -1.27. The average Bonchev–Trinajstić information content (AvgIpc) is 2.65. The Labute approximate surface area is 108 Å². The monoisotopic (exact) mass is 269 g/mol. The molecule has 1 heterocycles. The Bertz CT molecular complexity index is 516. The van der Waals surface area contributed by atoms with Crippen molar-refractivity contribution in [1.82, 2.24) is 4.90 Å². The Morgan fingerprint density at radius 2 is 1.94 bits per heavy atom. The van der Waals surface area contributed by atoms with E-state index in [4.69, 9.17) is 0 Å². The van der Waals surface area contributed by atoms with Gasteiger partial charge in [0.05, 0.1) is 17.6 Å². The highest BCUT2D eigenvalue weighted by atomic mass is 32.2. The smallest absolute Gasteiger partial charge is 0.229 e. The Morgan fingerprint density at radius 3 is 2.50 bits per heavy atom. The maximum absolute atomic E-state index is 11.3. The maximum atomic E-state index is 11.3. The van der Waals surface area contributed by atoms with Gasteiger partial charge in [0.2, 0.25) is 10.0 Å². The molecule has 1 aliphatic rings. The van der Waals surface area contributed by atoms with Crippen LogP contribution in [0.4, 0.5) is 11.4 Å². The second-order valence-electron chi connectivity index (χ2n) is 4.81. The molecule has 100 valence electrons. The van der Waals surface area contributed by atoms with E-state index in [-0.39, 0.29) is 0 Å². The maximum Gasteiger partial charge on any atom is 0.229 e. The molecule has 1 atom stereocenters. The summed E-state index contributed by atoms with van der Waals surface area (Å²) in [5.74, 6) is 0. The summed E-state index contributed by atoms with van der Waals surface area (Å²) in [5.41, 5.74) is 1.44. The number of nitrogens with one attached hydrogen (secondary N) is 2. The van der Waals surface area contributed by atoms with Crippen LogP contribution in [0.15, 0.2) is 24.3 Å². The summed E-state index contributed by atoms with van der Waals surface area (Å²) in [7, 11) is -1.16. The highest BCUT2D eigenvalue weighted by Gasteiger charge is 2.20. The molecule has 2 N–H and O–H groups in total. The molecule has 1 aromatic rings. The van der Waals surface area contributed by atoms with E-state index in [1.165, 1.54) is 0 Å². The second-order valence-corrected chi connectivity index (χ2v) is 6.56. The number of nitrogens with zero attached hydrogens (tertiary/aromatic N) is 1. The van der Waals surface area contributed by atoms with Gasteiger partial charge >= 0.3 is 0 Å². The molecular formula is C12H19N3O2S. The number of anilines is 2. The summed E-state index contributed by atoms with van der Waals surface area (Å²) in [6.45, 7) is 2.05. The minimum Gasteiger partial charge on any atom is -0.379 e. The summed E-state index contributed by atoms with van der Waals surface area (Å²) < 4.78 is 25.1. The van der Waals surface area contributed by atoms with Crippen LogP contribution in [-0.4, -0.2) is 45.8 Å². The molecule has 0 amide bonds. The fourth-order valence-corrected chi connectivity index (χ4v) is 2.75. The molecule has 0 bridgehead atoms. The quantitative estimate of drug-likeness (QED) is 0.861. The van der Waals surface area contributed by atoms with Gasteiger partial charge in [0.25, 0.3) is 0 Å². The highest BCUT2D eigenvalue weighted by molar-refractivity contribution is 7.92. The van der Waals surface area contributed by atoms with Crippen molar-refractivity contribution in [3.63, 3.8) is 0 Å². The number of para-hydroxylation sites is 2. The molecule has 1 fully saturated rings. The first-order chi connectivity index (χ1) is 8.44. The molecular weight excluding hydrogens is 250 g/mol.